The fourth-order valence-corrected chi connectivity index (χ4v) is 6.22. The maximum atomic E-state index is 4.85. The Bertz CT molecular complexity index is 1130. The van der Waals surface area contributed by atoms with Crippen molar-refractivity contribution in [3.63, 3.8) is 0 Å². The second-order valence-corrected chi connectivity index (χ2v) is 18.7. The van der Waals surface area contributed by atoms with Crippen LogP contribution in [0, 0.1) is 13.8 Å². The molecule has 0 saturated heterocycles. The minimum atomic E-state index is -1.88. The quantitative estimate of drug-likeness (QED) is 0.322. The first-order valence-electron chi connectivity index (χ1n) is 9.12. The van der Waals surface area contributed by atoms with Gasteiger partial charge in [0.2, 0.25) is 0 Å². The number of hydrogen-bond donors (Lipinski definition) is 0. The molecule has 0 spiro atoms. The van der Waals surface area contributed by atoms with Crippen LogP contribution in [0.1, 0.15) is 11.4 Å². The SMILES string of the molecule is Cc1nc(-c2ccccc2)c2ccc3c[c]([Ge]([CH3])([CH3])[CH3])cc(C)c3c2n1. The molecule has 0 aliphatic heterocycles. The molecule has 4 rings (SSSR count). The van der Waals surface area contributed by atoms with Crippen LogP contribution in [0.3, 0.4) is 0 Å². The van der Waals surface area contributed by atoms with Gasteiger partial charge in [-0.1, -0.05) is 0 Å². The third-order valence-electron chi connectivity index (χ3n) is 5.00. The van der Waals surface area contributed by atoms with Gasteiger partial charge in [-0.15, -0.1) is 0 Å². The van der Waals surface area contributed by atoms with Gasteiger partial charge in [0, 0.05) is 0 Å². The van der Waals surface area contributed by atoms with E-state index in [0.717, 1.165) is 28.0 Å². The molecule has 0 bridgehead atoms. The van der Waals surface area contributed by atoms with Crippen molar-refractivity contribution in [1.29, 1.82) is 0 Å². The predicted octanol–water partition coefficient (Wildman–Crippen LogP) is 5.61. The first-order valence-corrected chi connectivity index (χ1v) is 16.5. The molecular formula is C23H24GeN2. The molecule has 26 heavy (non-hydrogen) atoms. The first-order chi connectivity index (χ1) is 12.3. The van der Waals surface area contributed by atoms with Gasteiger partial charge in [-0.05, 0) is 0 Å². The van der Waals surface area contributed by atoms with Gasteiger partial charge in [-0.3, -0.25) is 0 Å². The molecule has 3 aromatic carbocycles. The number of benzene rings is 3. The third kappa shape index (κ3) is 2.92. The minimum absolute atomic E-state index is 0.820. The van der Waals surface area contributed by atoms with Crippen LogP contribution in [0.25, 0.3) is 32.9 Å². The number of aryl methyl sites for hydroxylation is 2. The Balaban J connectivity index is 2.10. The van der Waals surface area contributed by atoms with Crippen LogP contribution in [-0.2, 0) is 0 Å². The van der Waals surface area contributed by atoms with E-state index in [2.05, 4.69) is 72.7 Å². The van der Waals surface area contributed by atoms with Gasteiger partial charge in [0.15, 0.2) is 0 Å². The number of aromatic nitrogens is 2. The molecule has 0 aliphatic carbocycles. The molecule has 0 fully saturated rings. The van der Waals surface area contributed by atoms with Crippen molar-refractivity contribution in [3.05, 3.63) is 66.0 Å². The summed E-state index contributed by atoms with van der Waals surface area (Å²) in [6.45, 7) is 4.21. The molecule has 3 heteroatoms. The topological polar surface area (TPSA) is 25.8 Å². The summed E-state index contributed by atoms with van der Waals surface area (Å²) in [6.07, 6.45) is 0. The summed E-state index contributed by atoms with van der Waals surface area (Å²) in [4.78, 5) is 9.61. The molecule has 130 valence electrons. The number of fused-ring (bicyclic) bond motifs is 3. The Morgan fingerprint density at radius 3 is 2.23 bits per heavy atom. The Morgan fingerprint density at radius 2 is 1.54 bits per heavy atom. The molecule has 0 N–H and O–H groups in total. The van der Waals surface area contributed by atoms with Crippen molar-refractivity contribution in [2.75, 3.05) is 0 Å². The molecule has 0 radical (unpaired) electrons. The average molecular weight is 401 g/mol. The molecule has 1 heterocycles. The zero-order chi connectivity index (χ0) is 18.5. The van der Waals surface area contributed by atoms with Crippen LogP contribution in [-0.4, -0.2) is 23.2 Å². The van der Waals surface area contributed by atoms with Crippen molar-refractivity contribution in [2.45, 2.75) is 31.1 Å². The van der Waals surface area contributed by atoms with Crippen molar-refractivity contribution in [2.24, 2.45) is 0 Å². The van der Waals surface area contributed by atoms with E-state index in [1.54, 1.807) is 4.40 Å². The normalized spacial score (nSPS) is 12.0. The summed E-state index contributed by atoms with van der Waals surface area (Å²) >= 11 is -1.88. The molecule has 0 unspecified atom stereocenters. The van der Waals surface area contributed by atoms with Gasteiger partial charge in [-0.25, -0.2) is 0 Å². The molecule has 0 saturated carbocycles. The van der Waals surface area contributed by atoms with Crippen LogP contribution in [0.4, 0.5) is 0 Å². The van der Waals surface area contributed by atoms with Gasteiger partial charge in [0.25, 0.3) is 0 Å². The number of hydrogen-bond acceptors (Lipinski definition) is 2. The Hall–Kier alpha value is -2.20. The second kappa shape index (κ2) is 6.20. The number of rotatable bonds is 2. The Labute approximate surface area is 157 Å². The van der Waals surface area contributed by atoms with Gasteiger partial charge in [0.1, 0.15) is 0 Å². The van der Waals surface area contributed by atoms with Crippen molar-refractivity contribution in [3.8, 4) is 11.3 Å². The van der Waals surface area contributed by atoms with Crippen LogP contribution in [0.2, 0.25) is 17.3 Å². The first kappa shape index (κ1) is 17.2. The fraction of sp³-hybridized carbons (Fsp3) is 0.217. The van der Waals surface area contributed by atoms with Gasteiger partial charge < -0.3 is 0 Å². The molecule has 0 aliphatic rings. The predicted molar refractivity (Wildman–Crippen MR) is 115 cm³/mol. The van der Waals surface area contributed by atoms with Crippen LogP contribution >= 0.6 is 0 Å². The molecular weight excluding hydrogens is 377 g/mol. The zero-order valence-electron chi connectivity index (χ0n) is 16.1. The maximum absolute atomic E-state index is 4.85. The zero-order valence-corrected chi connectivity index (χ0v) is 18.2. The van der Waals surface area contributed by atoms with Crippen LogP contribution in [0.15, 0.2) is 54.6 Å². The Morgan fingerprint density at radius 1 is 0.808 bits per heavy atom. The monoisotopic (exact) mass is 402 g/mol. The molecule has 2 nitrogen and oxygen atoms in total. The molecule has 4 aromatic rings. The Kier molecular flexibility index (Phi) is 4.11. The van der Waals surface area contributed by atoms with Gasteiger partial charge >= 0.3 is 158 Å². The fourth-order valence-electron chi connectivity index (χ4n) is 3.62. The number of nitrogens with zero attached hydrogens (tertiary/aromatic N) is 2. The molecule has 0 atom stereocenters. The van der Waals surface area contributed by atoms with E-state index in [4.69, 9.17) is 9.97 Å². The van der Waals surface area contributed by atoms with Gasteiger partial charge in [-0.2, -0.15) is 0 Å². The molecule has 0 amide bonds. The summed E-state index contributed by atoms with van der Waals surface area (Å²) in [6, 6.07) is 19.6. The summed E-state index contributed by atoms with van der Waals surface area (Å²) in [5.74, 6) is 8.16. The van der Waals surface area contributed by atoms with E-state index in [0.29, 0.717) is 0 Å². The molecule has 1 aromatic heterocycles. The van der Waals surface area contributed by atoms with Gasteiger partial charge in [0.05, 0.1) is 0 Å². The summed E-state index contributed by atoms with van der Waals surface area (Å²) in [7, 11) is 0. The van der Waals surface area contributed by atoms with Crippen molar-refractivity contribution in [1.82, 2.24) is 9.97 Å². The van der Waals surface area contributed by atoms with E-state index >= 15 is 0 Å². The van der Waals surface area contributed by atoms with E-state index in [9.17, 15) is 0 Å². The van der Waals surface area contributed by atoms with E-state index < -0.39 is 13.3 Å². The van der Waals surface area contributed by atoms with Crippen molar-refractivity contribution >= 4 is 39.3 Å². The summed E-state index contributed by atoms with van der Waals surface area (Å²) in [5.41, 5.74) is 4.55. The van der Waals surface area contributed by atoms with Crippen LogP contribution in [0.5, 0.6) is 0 Å². The summed E-state index contributed by atoms with van der Waals surface area (Å²) < 4.78 is 1.54. The van der Waals surface area contributed by atoms with Crippen molar-refractivity contribution < 1.29 is 0 Å². The standard InChI is InChI=1S/C23H24GeN2/c1-15-13-19(24(3,4)5)14-18-11-12-20-22(17-9-7-6-8-10-17)25-16(2)26-23(20)21(15)18/h6-14H,1-5H3. The summed E-state index contributed by atoms with van der Waals surface area (Å²) in [5, 5.41) is 3.69. The second-order valence-electron chi connectivity index (χ2n) is 8.09. The third-order valence-corrected chi connectivity index (χ3v) is 9.24. The van der Waals surface area contributed by atoms with E-state index in [1.165, 1.54) is 16.3 Å². The van der Waals surface area contributed by atoms with E-state index in [1.807, 2.05) is 13.0 Å². The average Bonchev–Trinajstić information content (AvgIpc) is 2.60. The van der Waals surface area contributed by atoms with Crippen LogP contribution < -0.4 is 4.40 Å². The van der Waals surface area contributed by atoms with E-state index in [-0.39, 0.29) is 0 Å².